The van der Waals surface area contributed by atoms with Crippen LogP contribution in [0.2, 0.25) is 0 Å². The molecule has 0 aromatic rings. The van der Waals surface area contributed by atoms with E-state index in [0.29, 0.717) is 6.04 Å². The van der Waals surface area contributed by atoms with Crippen LogP contribution < -0.4 is 0 Å². The Bertz CT molecular complexity index is 225. The van der Waals surface area contributed by atoms with E-state index in [0.717, 1.165) is 18.9 Å². The lowest BCUT2D eigenvalue weighted by Gasteiger charge is -2.03. The van der Waals surface area contributed by atoms with Crippen molar-refractivity contribution in [1.82, 2.24) is 0 Å². The van der Waals surface area contributed by atoms with E-state index in [1.165, 1.54) is 64.2 Å². The molecule has 0 N–H and O–H groups in total. The number of hydrogen-bond donors (Lipinski definition) is 0. The maximum atomic E-state index is 5.50. The second-order valence-electron chi connectivity index (χ2n) is 5.61. The fourth-order valence-corrected chi connectivity index (χ4v) is 2.44. The molecule has 0 saturated heterocycles. The van der Waals surface area contributed by atoms with Crippen molar-refractivity contribution in [3.63, 3.8) is 0 Å². The largest absolute Gasteiger partial charge is 0.479 e. The summed E-state index contributed by atoms with van der Waals surface area (Å²) in [7, 11) is 0. The van der Waals surface area contributed by atoms with Gasteiger partial charge in [0.1, 0.15) is 6.61 Å². The van der Waals surface area contributed by atoms with Crippen molar-refractivity contribution in [1.29, 1.82) is 0 Å². The lowest BCUT2D eigenvalue weighted by Crippen LogP contribution is -2.00. The Morgan fingerprint density at radius 1 is 0.944 bits per heavy atom. The van der Waals surface area contributed by atoms with E-state index in [1.54, 1.807) is 0 Å². The van der Waals surface area contributed by atoms with Crippen LogP contribution in [0, 0.1) is 0 Å². The Kier molecular flexibility index (Phi) is 8.97. The van der Waals surface area contributed by atoms with Crippen LogP contribution in [0.3, 0.4) is 0 Å². The van der Waals surface area contributed by atoms with Gasteiger partial charge in [-0.05, 0) is 13.3 Å². The minimum absolute atomic E-state index is 0.392. The molecule has 1 aliphatic rings. The SMILES string of the molecule is CCCCCCCCCCCCC1=NC(C)CO1. The minimum Gasteiger partial charge on any atom is -0.479 e. The molecule has 0 radical (unpaired) electrons. The van der Waals surface area contributed by atoms with Crippen LogP contribution in [0.4, 0.5) is 0 Å². The Hall–Kier alpha value is -0.530. The fourth-order valence-electron chi connectivity index (χ4n) is 2.44. The molecule has 1 atom stereocenters. The number of aliphatic imine (C=N–C) groups is 1. The van der Waals surface area contributed by atoms with E-state index in [1.807, 2.05) is 0 Å². The Morgan fingerprint density at radius 2 is 1.50 bits per heavy atom. The van der Waals surface area contributed by atoms with Crippen LogP contribution in [0.5, 0.6) is 0 Å². The van der Waals surface area contributed by atoms with Crippen molar-refractivity contribution in [2.75, 3.05) is 6.61 Å². The second-order valence-corrected chi connectivity index (χ2v) is 5.61. The molecule has 0 aromatic heterocycles. The molecule has 2 heteroatoms. The van der Waals surface area contributed by atoms with Crippen LogP contribution in [0.15, 0.2) is 4.99 Å². The molecule has 1 rings (SSSR count). The first kappa shape index (κ1) is 15.5. The topological polar surface area (TPSA) is 21.6 Å². The predicted molar refractivity (Wildman–Crippen MR) is 79.3 cm³/mol. The van der Waals surface area contributed by atoms with Crippen LogP contribution in [-0.2, 0) is 4.74 Å². The molecule has 0 bridgehead atoms. The number of ether oxygens (including phenoxy) is 1. The van der Waals surface area contributed by atoms with E-state index in [2.05, 4.69) is 18.8 Å². The summed E-state index contributed by atoms with van der Waals surface area (Å²) < 4.78 is 5.50. The van der Waals surface area contributed by atoms with Crippen LogP contribution >= 0.6 is 0 Å². The van der Waals surface area contributed by atoms with Gasteiger partial charge in [-0.1, -0.05) is 64.7 Å². The molecule has 0 amide bonds. The van der Waals surface area contributed by atoms with Crippen LogP contribution in [0.25, 0.3) is 0 Å². The molecule has 1 heterocycles. The summed E-state index contributed by atoms with van der Waals surface area (Å²) in [5, 5.41) is 0. The number of hydrogen-bond acceptors (Lipinski definition) is 2. The zero-order valence-electron chi connectivity index (χ0n) is 12.4. The molecule has 0 aromatic carbocycles. The Morgan fingerprint density at radius 3 is 2.00 bits per heavy atom. The maximum absolute atomic E-state index is 5.50. The molecule has 0 spiro atoms. The normalized spacial score (nSPS) is 18.8. The average molecular weight is 253 g/mol. The molecule has 0 fully saturated rings. The Balaban J connectivity index is 1.77. The van der Waals surface area contributed by atoms with Gasteiger partial charge >= 0.3 is 0 Å². The standard InChI is InChI=1S/C16H31NO/c1-3-4-5-6-7-8-9-10-11-12-13-16-17-15(2)14-18-16/h15H,3-14H2,1-2H3. The van der Waals surface area contributed by atoms with Gasteiger partial charge in [0.2, 0.25) is 0 Å². The molecular formula is C16H31NO. The summed E-state index contributed by atoms with van der Waals surface area (Å²) in [6.07, 6.45) is 15.0. The van der Waals surface area contributed by atoms with Crippen molar-refractivity contribution in [3.8, 4) is 0 Å². The highest BCUT2D eigenvalue weighted by Gasteiger charge is 2.12. The van der Waals surface area contributed by atoms with Gasteiger partial charge in [-0.15, -0.1) is 0 Å². The summed E-state index contributed by atoms with van der Waals surface area (Å²) in [4.78, 5) is 4.46. The van der Waals surface area contributed by atoms with Gasteiger partial charge in [0.25, 0.3) is 0 Å². The van der Waals surface area contributed by atoms with Gasteiger partial charge in [0.05, 0.1) is 6.04 Å². The number of unbranched alkanes of at least 4 members (excludes halogenated alkanes) is 9. The van der Waals surface area contributed by atoms with E-state index in [4.69, 9.17) is 4.74 Å². The van der Waals surface area contributed by atoms with Gasteiger partial charge in [-0.25, -0.2) is 4.99 Å². The number of rotatable bonds is 11. The molecule has 0 saturated carbocycles. The summed E-state index contributed by atoms with van der Waals surface area (Å²) in [6, 6.07) is 0.392. The predicted octanol–water partition coefficient (Wildman–Crippen LogP) is 5.11. The third kappa shape index (κ3) is 7.73. The van der Waals surface area contributed by atoms with Gasteiger partial charge in [-0.2, -0.15) is 0 Å². The van der Waals surface area contributed by atoms with Crippen molar-refractivity contribution in [2.24, 2.45) is 4.99 Å². The van der Waals surface area contributed by atoms with Gasteiger partial charge in [-0.3, -0.25) is 0 Å². The summed E-state index contributed by atoms with van der Waals surface area (Å²) in [5.41, 5.74) is 0. The van der Waals surface area contributed by atoms with E-state index >= 15 is 0 Å². The summed E-state index contributed by atoms with van der Waals surface area (Å²) in [6.45, 7) is 5.19. The summed E-state index contributed by atoms with van der Waals surface area (Å²) in [5.74, 6) is 1.00. The third-order valence-corrected chi connectivity index (χ3v) is 3.60. The van der Waals surface area contributed by atoms with Gasteiger partial charge in [0, 0.05) is 6.42 Å². The average Bonchev–Trinajstić information content (AvgIpc) is 2.77. The molecule has 1 aliphatic heterocycles. The lowest BCUT2D eigenvalue weighted by molar-refractivity contribution is 0.314. The first-order chi connectivity index (χ1) is 8.83. The zero-order chi connectivity index (χ0) is 13.1. The first-order valence-electron chi connectivity index (χ1n) is 8.02. The van der Waals surface area contributed by atoms with E-state index < -0.39 is 0 Å². The van der Waals surface area contributed by atoms with Crippen LogP contribution in [-0.4, -0.2) is 18.5 Å². The molecule has 106 valence electrons. The fraction of sp³-hybridized carbons (Fsp3) is 0.938. The van der Waals surface area contributed by atoms with Crippen molar-refractivity contribution >= 4 is 5.90 Å². The van der Waals surface area contributed by atoms with E-state index in [9.17, 15) is 0 Å². The highest BCUT2D eigenvalue weighted by atomic mass is 16.5. The highest BCUT2D eigenvalue weighted by molar-refractivity contribution is 5.77. The summed E-state index contributed by atoms with van der Waals surface area (Å²) >= 11 is 0. The van der Waals surface area contributed by atoms with Gasteiger partial charge in [0.15, 0.2) is 5.90 Å². The quantitative estimate of drug-likeness (QED) is 0.469. The van der Waals surface area contributed by atoms with E-state index in [-0.39, 0.29) is 0 Å². The number of nitrogens with zero attached hydrogens (tertiary/aromatic N) is 1. The monoisotopic (exact) mass is 253 g/mol. The lowest BCUT2D eigenvalue weighted by atomic mass is 10.1. The third-order valence-electron chi connectivity index (χ3n) is 3.60. The molecule has 2 nitrogen and oxygen atoms in total. The first-order valence-corrected chi connectivity index (χ1v) is 8.02. The van der Waals surface area contributed by atoms with Gasteiger partial charge < -0.3 is 4.74 Å². The van der Waals surface area contributed by atoms with Crippen molar-refractivity contribution in [3.05, 3.63) is 0 Å². The smallest absolute Gasteiger partial charge is 0.183 e. The maximum Gasteiger partial charge on any atom is 0.183 e. The van der Waals surface area contributed by atoms with Crippen molar-refractivity contribution < 1.29 is 4.74 Å². The van der Waals surface area contributed by atoms with Crippen molar-refractivity contribution in [2.45, 2.75) is 90.5 Å². The highest BCUT2D eigenvalue weighted by Crippen LogP contribution is 2.13. The van der Waals surface area contributed by atoms with Crippen LogP contribution in [0.1, 0.15) is 84.5 Å². The molecular weight excluding hydrogens is 222 g/mol. The second kappa shape index (κ2) is 10.4. The minimum atomic E-state index is 0.392. The molecule has 0 aliphatic carbocycles. The molecule has 1 unspecified atom stereocenters. The molecule has 18 heavy (non-hydrogen) atoms. The zero-order valence-corrected chi connectivity index (χ0v) is 12.4. The Labute approximate surface area is 113 Å².